The number of anilines is 1. The van der Waals surface area contributed by atoms with E-state index in [1.165, 1.54) is 0 Å². The lowest BCUT2D eigenvalue weighted by Gasteiger charge is -2.21. The van der Waals surface area contributed by atoms with Gasteiger partial charge >= 0.3 is 5.97 Å². The smallest absolute Gasteiger partial charge is 0.337 e. The van der Waals surface area contributed by atoms with E-state index in [-0.39, 0.29) is 0 Å². The Morgan fingerprint density at radius 3 is 2.75 bits per heavy atom. The Morgan fingerprint density at radius 2 is 2.10 bits per heavy atom. The molecule has 0 radical (unpaired) electrons. The summed E-state index contributed by atoms with van der Waals surface area (Å²) in [6, 6.07) is 11.2. The molecule has 0 aliphatic carbocycles. The molecule has 0 aliphatic rings. The van der Waals surface area contributed by atoms with Crippen LogP contribution in [0, 0.1) is 6.92 Å². The second-order valence-electron chi connectivity index (χ2n) is 4.82. The highest BCUT2D eigenvalue weighted by Crippen LogP contribution is 2.21. The summed E-state index contributed by atoms with van der Waals surface area (Å²) in [7, 11) is 1.91. The van der Waals surface area contributed by atoms with Crippen LogP contribution in [0.25, 0.3) is 0 Å². The van der Waals surface area contributed by atoms with Gasteiger partial charge in [-0.3, -0.25) is 4.98 Å². The molecule has 1 aromatic heterocycles. The predicted octanol–water partition coefficient (Wildman–Crippen LogP) is 2.77. The van der Waals surface area contributed by atoms with Crippen molar-refractivity contribution in [2.24, 2.45) is 0 Å². The molecular weight excluding hydrogens is 252 g/mol. The number of carbonyl (C=O) groups is 1. The zero-order valence-electron chi connectivity index (χ0n) is 11.7. The van der Waals surface area contributed by atoms with Crippen LogP contribution in [0.3, 0.4) is 0 Å². The van der Waals surface area contributed by atoms with Gasteiger partial charge in [0.1, 0.15) is 0 Å². The number of carboxylic acids is 1. The molecule has 0 bridgehead atoms. The number of aryl methyl sites for hydroxylation is 1. The first kappa shape index (κ1) is 14.1. The number of likely N-dealkylation sites (N-methyl/N-ethyl adjacent to an activating group) is 1. The van der Waals surface area contributed by atoms with Gasteiger partial charge < -0.3 is 10.0 Å². The lowest BCUT2D eigenvalue weighted by atomic mass is 10.1. The number of rotatable bonds is 5. The van der Waals surface area contributed by atoms with E-state index in [0.717, 1.165) is 29.9 Å². The van der Waals surface area contributed by atoms with E-state index >= 15 is 0 Å². The van der Waals surface area contributed by atoms with Crippen LogP contribution in [0.4, 0.5) is 5.69 Å². The third-order valence-corrected chi connectivity index (χ3v) is 3.22. The van der Waals surface area contributed by atoms with Gasteiger partial charge in [-0.05, 0) is 36.8 Å². The molecule has 0 spiro atoms. The first-order valence-corrected chi connectivity index (χ1v) is 6.53. The molecule has 4 nitrogen and oxygen atoms in total. The predicted molar refractivity (Wildman–Crippen MR) is 79.3 cm³/mol. The van der Waals surface area contributed by atoms with Crippen molar-refractivity contribution < 1.29 is 9.90 Å². The minimum atomic E-state index is -0.898. The van der Waals surface area contributed by atoms with Crippen molar-refractivity contribution in [2.75, 3.05) is 18.5 Å². The third kappa shape index (κ3) is 3.35. The minimum Gasteiger partial charge on any atom is -0.478 e. The summed E-state index contributed by atoms with van der Waals surface area (Å²) in [5, 5.41) is 9.25. The maximum absolute atomic E-state index is 11.3. The number of pyridine rings is 1. The van der Waals surface area contributed by atoms with Crippen molar-refractivity contribution >= 4 is 11.7 Å². The Morgan fingerprint density at radius 1 is 1.30 bits per heavy atom. The van der Waals surface area contributed by atoms with Crippen molar-refractivity contribution in [3.8, 4) is 0 Å². The van der Waals surface area contributed by atoms with Gasteiger partial charge in [0.05, 0.1) is 11.3 Å². The molecule has 0 amide bonds. The highest BCUT2D eigenvalue weighted by atomic mass is 16.4. The molecule has 0 fully saturated rings. The maximum atomic E-state index is 11.3. The first-order valence-electron chi connectivity index (χ1n) is 6.53. The van der Waals surface area contributed by atoms with Gasteiger partial charge in [0.15, 0.2) is 0 Å². The highest BCUT2D eigenvalue weighted by molar-refractivity contribution is 5.94. The SMILES string of the molecule is Cc1ccc(C(=O)O)c(N(C)CCc2ccccn2)c1. The van der Waals surface area contributed by atoms with Crippen LogP contribution in [0.5, 0.6) is 0 Å². The Bertz CT molecular complexity index is 597. The van der Waals surface area contributed by atoms with E-state index in [2.05, 4.69) is 4.98 Å². The fourth-order valence-corrected chi connectivity index (χ4v) is 2.09. The maximum Gasteiger partial charge on any atom is 0.337 e. The van der Waals surface area contributed by atoms with E-state index in [1.54, 1.807) is 12.3 Å². The van der Waals surface area contributed by atoms with Crippen LogP contribution in [0.2, 0.25) is 0 Å². The quantitative estimate of drug-likeness (QED) is 0.907. The Hall–Kier alpha value is -2.36. The van der Waals surface area contributed by atoms with Crippen LogP contribution < -0.4 is 4.90 Å². The van der Waals surface area contributed by atoms with E-state index < -0.39 is 5.97 Å². The van der Waals surface area contributed by atoms with E-state index in [0.29, 0.717) is 5.56 Å². The zero-order valence-corrected chi connectivity index (χ0v) is 11.7. The van der Waals surface area contributed by atoms with Gasteiger partial charge in [-0.1, -0.05) is 12.1 Å². The van der Waals surface area contributed by atoms with Crippen LogP contribution in [-0.4, -0.2) is 29.7 Å². The van der Waals surface area contributed by atoms with Gasteiger partial charge in [0.25, 0.3) is 0 Å². The van der Waals surface area contributed by atoms with Crippen LogP contribution >= 0.6 is 0 Å². The third-order valence-electron chi connectivity index (χ3n) is 3.22. The molecule has 2 aromatic rings. The molecule has 0 aliphatic heterocycles. The van der Waals surface area contributed by atoms with Gasteiger partial charge in [-0.25, -0.2) is 4.79 Å². The van der Waals surface area contributed by atoms with Crippen LogP contribution in [0.15, 0.2) is 42.6 Å². The summed E-state index contributed by atoms with van der Waals surface area (Å²) in [5.74, 6) is -0.898. The number of hydrogen-bond acceptors (Lipinski definition) is 3. The molecule has 0 atom stereocenters. The van der Waals surface area contributed by atoms with Gasteiger partial charge in [0, 0.05) is 31.9 Å². The number of aromatic nitrogens is 1. The lowest BCUT2D eigenvalue weighted by molar-refractivity contribution is 0.0697. The van der Waals surface area contributed by atoms with Gasteiger partial charge in [0.2, 0.25) is 0 Å². The second kappa shape index (κ2) is 6.19. The molecule has 20 heavy (non-hydrogen) atoms. The van der Waals surface area contributed by atoms with E-state index in [1.807, 2.05) is 49.2 Å². The standard InChI is InChI=1S/C16H18N2O2/c1-12-6-7-14(16(19)20)15(11-12)18(2)10-8-13-5-3-4-9-17-13/h3-7,9,11H,8,10H2,1-2H3,(H,19,20). The Kier molecular flexibility index (Phi) is 4.35. The molecule has 0 saturated carbocycles. The molecule has 1 aromatic carbocycles. The zero-order chi connectivity index (χ0) is 14.5. The van der Waals surface area contributed by atoms with Crippen molar-refractivity contribution in [1.82, 2.24) is 4.98 Å². The minimum absolute atomic E-state index is 0.333. The molecule has 1 heterocycles. The van der Waals surface area contributed by atoms with E-state index in [9.17, 15) is 9.90 Å². The Balaban J connectivity index is 2.14. The summed E-state index contributed by atoms with van der Waals surface area (Å²) in [5.41, 5.74) is 3.13. The number of hydrogen-bond donors (Lipinski definition) is 1. The van der Waals surface area contributed by atoms with Crippen molar-refractivity contribution in [3.63, 3.8) is 0 Å². The first-order chi connectivity index (χ1) is 9.58. The van der Waals surface area contributed by atoms with Crippen LogP contribution in [-0.2, 0) is 6.42 Å². The average molecular weight is 270 g/mol. The van der Waals surface area contributed by atoms with Crippen molar-refractivity contribution in [2.45, 2.75) is 13.3 Å². The fourth-order valence-electron chi connectivity index (χ4n) is 2.09. The summed E-state index contributed by atoms with van der Waals surface area (Å²) in [6.07, 6.45) is 2.55. The fraction of sp³-hybridized carbons (Fsp3) is 0.250. The van der Waals surface area contributed by atoms with E-state index in [4.69, 9.17) is 0 Å². The molecule has 104 valence electrons. The van der Waals surface area contributed by atoms with Crippen molar-refractivity contribution in [3.05, 3.63) is 59.4 Å². The average Bonchev–Trinajstić information content (AvgIpc) is 2.45. The topological polar surface area (TPSA) is 53.4 Å². The normalized spacial score (nSPS) is 10.3. The lowest BCUT2D eigenvalue weighted by Crippen LogP contribution is -2.23. The molecule has 0 unspecified atom stereocenters. The van der Waals surface area contributed by atoms with Crippen LogP contribution in [0.1, 0.15) is 21.6 Å². The second-order valence-corrected chi connectivity index (χ2v) is 4.82. The molecule has 4 heteroatoms. The largest absolute Gasteiger partial charge is 0.478 e. The monoisotopic (exact) mass is 270 g/mol. The molecule has 1 N–H and O–H groups in total. The Labute approximate surface area is 118 Å². The summed E-state index contributed by atoms with van der Waals surface area (Å²) >= 11 is 0. The number of nitrogens with zero attached hydrogens (tertiary/aromatic N) is 2. The highest BCUT2D eigenvalue weighted by Gasteiger charge is 2.13. The summed E-state index contributed by atoms with van der Waals surface area (Å²) < 4.78 is 0. The molecule has 0 saturated heterocycles. The number of benzene rings is 1. The summed E-state index contributed by atoms with van der Waals surface area (Å²) in [4.78, 5) is 17.5. The number of carboxylic acid groups (broad SMARTS) is 1. The molecular formula is C16H18N2O2. The van der Waals surface area contributed by atoms with Crippen molar-refractivity contribution in [1.29, 1.82) is 0 Å². The number of aromatic carboxylic acids is 1. The molecule has 2 rings (SSSR count). The van der Waals surface area contributed by atoms with Gasteiger partial charge in [-0.2, -0.15) is 0 Å². The van der Waals surface area contributed by atoms with Gasteiger partial charge in [-0.15, -0.1) is 0 Å². The summed E-state index contributed by atoms with van der Waals surface area (Å²) in [6.45, 7) is 2.68.